The van der Waals surface area contributed by atoms with Gasteiger partial charge in [-0.25, -0.2) is 4.98 Å². The zero-order chi connectivity index (χ0) is 46.9. The van der Waals surface area contributed by atoms with Crippen molar-refractivity contribution >= 4 is 49.9 Å². The summed E-state index contributed by atoms with van der Waals surface area (Å²) in [6, 6.07) is 52.4. The number of benzene rings is 7. The van der Waals surface area contributed by atoms with E-state index in [1.807, 2.05) is 53.7 Å². The second-order valence-electron chi connectivity index (χ2n) is 17.6. The molecule has 9 rings (SSSR count). The van der Waals surface area contributed by atoms with Crippen LogP contribution in [0.15, 0.2) is 140 Å². The quantitative estimate of drug-likeness (QED) is 0.154. The van der Waals surface area contributed by atoms with Crippen LogP contribution in [0, 0.1) is 39.4 Å². The van der Waals surface area contributed by atoms with E-state index in [-0.39, 0.29) is 43.0 Å². The number of aromatic nitrogens is 3. The van der Waals surface area contributed by atoms with Crippen LogP contribution in [0.3, 0.4) is 0 Å². The summed E-state index contributed by atoms with van der Waals surface area (Å²) in [5.74, 6) is 0.515. The van der Waals surface area contributed by atoms with Gasteiger partial charge < -0.3 is 14.8 Å². The van der Waals surface area contributed by atoms with Crippen LogP contribution in [0.5, 0.6) is 0 Å². The van der Waals surface area contributed by atoms with E-state index in [2.05, 4.69) is 142 Å². The van der Waals surface area contributed by atoms with E-state index in [0.717, 1.165) is 50.5 Å². The Kier molecular flexibility index (Phi) is 9.22. The maximum absolute atomic E-state index is 8.33. The standard InChI is InChI=1S/C55H52N5.Pt/c1-36-25-28-48-44(31-36)45-32-37(2)26-29-49(45)59(48)53-57-52-50(58(46-22-14-13-17-38(46)3)35-56-42-21-15-20-40(33-42)54(4,5)6)23-16-24-51(52)60(53)47-30-27-41(55(7,8)9)34-43(47)39-18-11-10-12-19-39;/h10-20,22-28,30-35,56H,1-9H3;/q-3;/i1D3,2D3;. The molecule has 2 heterocycles. The molecule has 0 radical (unpaired) electrons. The predicted molar refractivity (Wildman–Crippen MR) is 253 cm³/mol. The van der Waals surface area contributed by atoms with E-state index in [0.29, 0.717) is 33.3 Å². The molecular formula is C55H52N5Pt-3. The molecule has 61 heavy (non-hydrogen) atoms. The third-order valence-corrected chi connectivity index (χ3v) is 11.4. The van der Waals surface area contributed by atoms with Crippen molar-refractivity contribution in [3.8, 4) is 22.8 Å². The molecule has 0 aliphatic rings. The minimum Gasteiger partial charge on any atom is -0.536 e. The molecule has 2 aromatic heterocycles. The van der Waals surface area contributed by atoms with Gasteiger partial charge in [-0.1, -0.05) is 132 Å². The molecule has 0 bridgehead atoms. The van der Waals surface area contributed by atoms with Crippen LogP contribution in [-0.2, 0) is 31.9 Å². The molecule has 1 N–H and O–H groups in total. The smallest absolute Gasteiger partial charge is 0.218 e. The third kappa shape index (κ3) is 7.81. The van der Waals surface area contributed by atoms with Crippen LogP contribution in [0.1, 0.15) is 77.6 Å². The molecule has 0 aliphatic carbocycles. The Morgan fingerprint density at radius 2 is 1.39 bits per heavy atom. The molecule has 0 spiro atoms. The molecule has 6 heteroatoms. The molecule has 0 saturated carbocycles. The number of aryl methyl sites for hydroxylation is 3. The van der Waals surface area contributed by atoms with Crippen molar-refractivity contribution < 1.29 is 29.3 Å². The fourth-order valence-electron chi connectivity index (χ4n) is 8.11. The van der Waals surface area contributed by atoms with Gasteiger partial charge in [-0.3, -0.25) is 4.57 Å². The first kappa shape index (κ1) is 34.8. The molecule has 9 aromatic rings. The van der Waals surface area contributed by atoms with Crippen molar-refractivity contribution in [1.82, 2.24) is 14.1 Å². The van der Waals surface area contributed by atoms with E-state index in [9.17, 15) is 0 Å². The summed E-state index contributed by atoms with van der Waals surface area (Å²) < 4.78 is 54.1. The van der Waals surface area contributed by atoms with Crippen LogP contribution >= 0.6 is 0 Å². The van der Waals surface area contributed by atoms with Gasteiger partial charge in [0, 0.05) is 51.7 Å². The number of nitrogens with zero attached hydrogens (tertiary/aromatic N) is 4. The Morgan fingerprint density at radius 3 is 2.15 bits per heavy atom. The van der Waals surface area contributed by atoms with Gasteiger partial charge in [0.15, 0.2) is 0 Å². The van der Waals surface area contributed by atoms with Crippen molar-refractivity contribution in [2.75, 3.05) is 10.2 Å². The number of anilines is 3. The van der Waals surface area contributed by atoms with Gasteiger partial charge in [0.05, 0.1) is 11.2 Å². The van der Waals surface area contributed by atoms with E-state index >= 15 is 0 Å². The molecule has 0 fully saturated rings. The zero-order valence-electron chi connectivity index (χ0n) is 41.5. The summed E-state index contributed by atoms with van der Waals surface area (Å²) in [6.07, 6.45) is 0. The number of nitrogens with one attached hydrogen (secondary N) is 1. The summed E-state index contributed by atoms with van der Waals surface area (Å²) in [5.41, 5.74) is 11.6. The summed E-state index contributed by atoms with van der Waals surface area (Å²) in [5, 5.41) is 4.71. The fraction of sp³-hybridized carbons (Fsp3) is 0.200. The van der Waals surface area contributed by atoms with Crippen molar-refractivity contribution in [2.24, 2.45) is 0 Å². The minimum atomic E-state index is -2.42. The summed E-state index contributed by atoms with van der Waals surface area (Å²) in [4.78, 5) is 7.77. The van der Waals surface area contributed by atoms with Gasteiger partial charge in [0.25, 0.3) is 0 Å². The Bertz CT molecular complexity index is 3210. The number of imidazole rings is 1. The molecule has 0 atom stereocenters. The second-order valence-corrected chi connectivity index (χ2v) is 17.6. The van der Waals surface area contributed by atoms with Crippen molar-refractivity contribution in [3.63, 3.8) is 0 Å². The molecule has 0 aliphatic heterocycles. The van der Waals surface area contributed by atoms with E-state index in [1.165, 1.54) is 11.6 Å². The largest absolute Gasteiger partial charge is 0.536 e. The van der Waals surface area contributed by atoms with Crippen LogP contribution in [0.4, 0.5) is 17.1 Å². The van der Waals surface area contributed by atoms with E-state index in [4.69, 9.17) is 13.2 Å². The fourth-order valence-corrected chi connectivity index (χ4v) is 8.11. The summed E-state index contributed by atoms with van der Waals surface area (Å²) in [7, 11) is 0. The van der Waals surface area contributed by atoms with Gasteiger partial charge in [-0.2, -0.15) is 54.2 Å². The van der Waals surface area contributed by atoms with Crippen molar-refractivity contribution in [3.05, 3.63) is 186 Å². The van der Waals surface area contributed by atoms with Crippen LogP contribution in [0.25, 0.3) is 55.6 Å². The Labute approximate surface area is 383 Å². The maximum Gasteiger partial charge on any atom is 0.218 e. The zero-order valence-corrected chi connectivity index (χ0v) is 37.7. The third-order valence-electron chi connectivity index (χ3n) is 11.4. The van der Waals surface area contributed by atoms with Crippen LogP contribution in [-0.4, -0.2) is 14.1 Å². The Hall–Kier alpha value is -5.90. The monoisotopic (exact) mass is 983 g/mol. The maximum atomic E-state index is 8.33. The number of hydrogen-bond acceptors (Lipinski definition) is 3. The van der Waals surface area contributed by atoms with Crippen molar-refractivity contribution in [2.45, 2.75) is 73.0 Å². The number of hydrogen-bond donors (Lipinski definition) is 1. The second kappa shape index (κ2) is 16.2. The first-order valence-corrected chi connectivity index (χ1v) is 20.4. The molecule has 310 valence electrons. The number of para-hydroxylation sites is 2. The molecule has 0 unspecified atom stereocenters. The Morgan fingerprint density at radius 1 is 0.672 bits per heavy atom. The predicted octanol–water partition coefficient (Wildman–Crippen LogP) is 14.3. The molecular weight excluding hydrogens is 926 g/mol. The molecule has 0 amide bonds. The normalized spacial score (nSPS) is 13.8. The molecule has 7 aromatic carbocycles. The number of fused-ring (bicyclic) bond motifs is 4. The average molecular weight is 984 g/mol. The topological polar surface area (TPSA) is 38.0 Å². The summed E-state index contributed by atoms with van der Waals surface area (Å²) >= 11 is 0. The molecule has 0 saturated heterocycles. The van der Waals surface area contributed by atoms with Gasteiger partial charge >= 0.3 is 0 Å². The van der Waals surface area contributed by atoms with Gasteiger partial charge in [-0.05, 0) is 83.1 Å². The van der Waals surface area contributed by atoms with Crippen LogP contribution in [0.2, 0.25) is 0 Å². The van der Waals surface area contributed by atoms with Crippen LogP contribution < -0.4 is 10.2 Å². The van der Waals surface area contributed by atoms with Gasteiger partial charge in [0.2, 0.25) is 5.95 Å². The first-order chi connectivity index (χ1) is 31.2. The number of rotatable bonds is 8. The van der Waals surface area contributed by atoms with Gasteiger partial charge in [-0.15, -0.1) is 17.1 Å². The van der Waals surface area contributed by atoms with Crippen molar-refractivity contribution in [1.29, 1.82) is 0 Å². The first-order valence-electron chi connectivity index (χ1n) is 23.4. The SMILES string of the molecule is [2H]C([2H])([2H])c1c[c-]c2c(c1)c1cc(C([2H])([2H])[2H])ccc1n2-c1nc2c(N([CH-]Nc3[c-]ccc(C(C)(C)C)c3)c3ccccc3C)cccc2n1-c1ccc(C(C)(C)C)cc1-c1ccccc1.[Pt]. The minimum absolute atomic E-state index is 0. The van der Waals surface area contributed by atoms with E-state index < -0.39 is 13.7 Å². The Balaban J connectivity index is 0.00000608. The summed E-state index contributed by atoms with van der Waals surface area (Å²) in [6.45, 7) is 12.4. The van der Waals surface area contributed by atoms with E-state index in [1.54, 1.807) is 24.3 Å². The molecule has 5 nitrogen and oxygen atoms in total. The van der Waals surface area contributed by atoms with Gasteiger partial charge in [0.1, 0.15) is 5.52 Å². The average Bonchev–Trinajstić information content (AvgIpc) is 3.81.